The summed E-state index contributed by atoms with van der Waals surface area (Å²) in [5.74, 6) is -0.487. The van der Waals surface area contributed by atoms with Crippen molar-refractivity contribution in [3.63, 3.8) is 0 Å². The van der Waals surface area contributed by atoms with E-state index in [2.05, 4.69) is 5.10 Å². The number of nitrogens with two attached hydrogens (primary N) is 1. The van der Waals surface area contributed by atoms with E-state index in [1.807, 2.05) is 6.07 Å². The zero-order valence-electron chi connectivity index (χ0n) is 9.21. The van der Waals surface area contributed by atoms with Gasteiger partial charge in [-0.15, -0.1) is 11.3 Å². The molecule has 0 saturated carbocycles. The van der Waals surface area contributed by atoms with Crippen LogP contribution in [-0.4, -0.2) is 21.5 Å². The summed E-state index contributed by atoms with van der Waals surface area (Å²) < 4.78 is 1.62. The molecule has 0 bridgehead atoms. The molecule has 1 amide bonds. The number of amides is 1. The van der Waals surface area contributed by atoms with Gasteiger partial charge in [0.25, 0.3) is 5.91 Å². The molecule has 0 spiro atoms. The van der Waals surface area contributed by atoms with Gasteiger partial charge in [-0.05, 0) is 25.1 Å². The van der Waals surface area contributed by atoms with Crippen molar-refractivity contribution in [2.75, 3.05) is 0 Å². The van der Waals surface area contributed by atoms with Crippen molar-refractivity contribution in [3.05, 3.63) is 39.8 Å². The number of rotatable bonds is 4. The average Bonchev–Trinajstić information content (AvgIpc) is 2.87. The van der Waals surface area contributed by atoms with E-state index in [0.717, 1.165) is 9.75 Å². The first-order chi connectivity index (χ1) is 8.06. The molecule has 5 nitrogen and oxygen atoms in total. The molecule has 0 aromatic carbocycles. The maximum atomic E-state index is 11.1. The summed E-state index contributed by atoms with van der Waals surface area (Å²) in [6, 6.07) is 5.25. The maximum absolute atomic E-state index is 11.1. The van der Waals surface area contributed by atoms with Crippen LogP contribution in [0.4, 0.5) is 0 Å². The predicted molar refractivity (Wildman–Crippen MR) is 64.2 cm³/mol. The molecule has 0 atom stereocenters. The fraction of sp³-hybridized carbons (Fsp3) is 0.182. The van der Waals surface area contributed by atoms with Crippen molar-refractivity contribution in [2.24, 2.45) is 5.73 Å². The van der Waals surface area contributed by atoms with Gasteiger partial charge in [-0.2, -0.15) is 5.10 Å². The van der Waals surface area contributed by atoms with E-state index in [1.54, 1.807) is 23.0 Å². The molecule has 0 radical (unpaired) electrons. The summed E-state index contributed by atoms with van der Waals surface area (Å²) >= 11 is 1.43. The third kappa shape index (κ3) is 2.59. The SMILES string of the molecule is CC(=O)c1ccc(Cn2ccc(C(N)=O)n2)s1. The number of primary amides is 1. The second kappa shape index (κ2) is 4.50. The molecule has 2 heterocycles. The van der Waals surface area contributed by atoms with Crippen molar-refractivity contribution >= 4 is 23.0 Å². The van der Waals surface area contributed by atoms with Crippen LogP contribution in [0.15, 0.2) is 24.4 Å². The van der Waals surface area contributed by atoms with Gasteiger partial charge in [-0.1, -0.05) is 0 Å². The van der Waals surface area contributed by atoms with E-state index in [1.165, 1.54) is 18.3 Å². The molecule has 88 valence electrons. The first kappa shape index (κ1) is 11.5. The van der Waals surface area contributed by atoms with Crippen molar-refractivity contribution in [1.82, 2.24) is 9.78 Å². The molecule has 0 saturated heterocycles. The normalized spacial score (nSPS) is 10.4. The number of Topliss-reactive ketones (excluding diaryl/α,β-unsaturated/α-hetero) is 1. The third-order valence-electron chi connectivity index (χ3n) is 2.22. The molecular formula is C11H11N3O2S. The lowest BCUT2D eigenvalue weighted by Gasteiger charge is -1.97. The monoisotopic (exact) mass is 249 g/mol. The van der Waals surface area contributed by atoms with E-state index in [-0.39, 0.29) is 11.5 Å². The highest BCUT2D eigenvalue weighted by molar-refractivity contribution is 7.14. The van der Waals surface area contributed by atoms with Crippen LogP contribution in [0.2, 0.25) is 0 Å². The number of carbonyl (C=O) groups is 2. The van der Waals surface area contributed by atoms with Gasteiger partial charge in [0.2, 0.25) is 0 Å². The van der Waals surface area contributed by atoms with Crippen LogP contribution in [0.5, 0.6) is 0 Å². The molecule has 2 aromatic rings. The molecule has 0 aliphatic heterocycles. The minimum atomic E-state index is -0.542. The van der Waals surface area contributed by atoms with Crippen LogP contribution < -0.4 is 5.73 Å². The standard InChI is InChI=1S/C11H11N3O2S/c1-7(15)10-3-2-8(17-10)6-14-5-4-9(13-14)11(12)16/h2-5H,6H2,1H3,(H2,12,16). The van der Waals surface area contributed by atoms with E-state index < -0.39 is 5.91 Å². The summed E-state index contributed by atoms with van der Waals surface area (Å²) in [7, 11) is 0. The van der Waals surface area contributed by atoms with Crippen molar-refractivity contribution in [1.29, 1.82) is 0 Å². The van der Waals surface area contributed by atoms with Crippen molar-refractivity contribution in [2.45, 2.75) is 13.5 Å². The van der Waals surface area contributed by atoms with Gasteiger partial charge in [-0.25, -0.2) is 0 Å². The molecular weight excluding hydrogens is 238 g/mol. The first-order valence-electron chi connectivity index (χ1n) is 4.99. The van der Waals surface area contributed by atoms with E-state index in [9.17, 15) is 9.59 Å². The van der Waals surface area contributed by atoms with Gasteiger partial charge in [0, 0.05) is 11.1 Å². The predicted octanol–water partition coefficient (Wildman–Crippen LogP) is 1.29. The molecule has 0 unspecified atom stereocenters. The number of hydrogen-bond donors (Lipinski definition) is 1. The fourth-order valence-electron chi connectivity index (χ4n) is 1.39. The molecule has 0 fully saturated rings. The van der Waals surface area contributed by atoms with Gasteiger partial charge in [0.05, 0.1) is 11.4 Å². The first-order valence-corrected chi connectivity index (χ1v) is 5.81. The maximum Gasteiger partial charge on any atom is 0.269 e. The number of ketones is 1. The van der Waals surface area contributed by atoms with E-state index >= 15 is 0 Å². The number of nitrogens with zero attached hydrogens (tertiary/aromatic N) is 2. The Balaban J connectivity index is 2.13. The van der Waals surface area contributed by atoms with Crippen molar-refractivity contribution in [3.8, 4) is 0 Å². The zero-order valence-corrected chi connectivity index (χ0v) is 10.0. The fourth-order valence-corrected chi connectivity index (χ4v) is 2.29. The Morgan fingerprint density at radius 2 is 2.18 bits per heavy atom. The lowest BCUT2D eigenvalue weighted by molar-refractivity contribution is 0.0992. The molecule has 2 N–H and O–H groups in total. The molecule has 2 aromatic heterocycles. The summed E-state index contributed by atoms with van der Waals surface area (Å²) in [6.45, 7) is 2.07. The number of aromatic nitrogens is 2. The number of thiophene rings is 1. The van der Waals surface area contributed by atoms with Gasteiger partial charge in [-0.3, -0.25) is 14.3 Å². The highest BCUT2D eigenvalue weighted by atomic mass is 32.1. The Morgan fingerprint density at radius 1 is 1.41 bits per heavy atom. The highest BCUT2D eigenvalue weighted by Crippen LogP contribution is 2.17. The molecule has 0 aliphatic carbocycles. The number of carbonyl (C=O) groups excluding carboxylic acids is 2. The Kier molecular flexibility index (Phi) is 3.06. The van der Waals surface area contributed by atoms with Gasteiger partial charge in [0.15, 0.2) is 5.78 Å². The van der Waals surface area contributed by atoms with Gasteiger partial charge >= 0.3 is 0 Å². The lowest BCUT2D eigenvalue weighted by atomic mass is 10.3. The summed E-state index contributed by atoms with van der Waals surface area (Å²) in [5.41, 5.74) is 5.35. The lowest BCUT2D eigenvalue weighted by Crippen LogP contribution is -2.12. The molecule has 17 heavy (non-hydrogen) atoms. The Labute approximate surface area is 102 Å². The quantitative estimate of drug-likeness (QED) is 0.829. The molecule has 0 aliphatic rings. The van der Waals surface area contributed by atoms with Gasteiger partial charge < -0.3 is 5.73 Å². The smallest absolute Gasteiger partial charge is 0.269 e. The second-order valence-corrected chi connectivity index (χ2v) is 4.75. The van der Waals surface area contributed by atoms with E-state index in [4.69, 9.17) is 5.73 Å². The third-order valence-corrected chi connectivity index (χ3v) is 3.39. The van der Waals surface area contributed by atoms with Crippen LogP contribution in [-0.2, 0) is 6.54 Å². The minimum Gasteiger partial charge on any atom is -0.364 e. The second-order valence-electron chi connectivity index (χ2n) is 3.58. The minimum absolute atomic E-state index is 0.0551. The van der Waals surface area contributed by atoms with Crippen LogP contribution in [0, 0.1) is 0 Å². The highest BCUT2D eigenvalue weighted by Gasteiger charge is 2.07. The van der Waals surface area contributed by atoms with Crippen LogP contribution in [0.3, 0.4) is 0 Å². The van der Waals surface area contributed by atoms with Crippen molar-refractivity contribution < 1.29 is 9.59 Å². The summed E-state index contributed by atoms with van der Waals surface area (Å²) in [4.78, 5) is 23.7. The Bertz CT molecular complexity index is 521. The van der Waals surface area contributed by atoms with Gasteiger partial charge in [0.1, 0.15) is 5.69 Å². The average molecular weight is 249 g/mol. The van der Waals surface area contributed by atoms with Crippen LogP contribution >= 0.6 is 11.3 Å². The zero-order chi connectivity index (χ0) is 12.4. The topological polar surface area (TPSA) is 78.0 Å². The Morgan fingerprint density at radius 3 is 2.71 bits per heavy atom. The summed E-state index contributed by atoms with van der Waals surface area (Å²) in [6.07, 6.45) is 1.69. The Hall–Kier alpha value is -1.95. The summed E-state index contributed by atoms with van der Waals surface area (Å²) in [5, 5.41) is 4.02. The van der Waals surface area contributed by atoms with Crippen LogP contribution in [0.25, 0.3) is 0 Å². The molecule has 2 rings (SSSR count). The van der Waals surface area contributed by atoms with E-state index in [0.29, 0.717) is 6.54 Å². The largest absolute Gasteiger partial charge is 0.364 e. The number of hydrogen-bond acceptors (Lipinski definition) is 4. The molecule has 6 heteroatoms. The van der Waals surface area contributed by atoms with Crippen LogP contribution in [0.1, 0.15) is 32.0 Å².